The summed E-state index contributed by atoms with van der Waals surface area (Å²) in [6, 6.07) is 7.62. The number of aromatic nitrogens is 3. The Balaban J connectivity index is 1.74. The molecule has 184 valence electrons. The molecule has 2 aromatic heterocycles. The van der Waals surface area contributed by atoms with Gasteiger partial charge in [-0.2, -0.15) is 0 Å². The summed E-state index contributed by atoms with van der Waals surface area (Å²) in [4.78, 5) is 29.7. The number of ether oxygens (including phenoxy) is 2. The lowest BCUT2D eigenvalue weighted by Crippen LogP contribution is -2.25. The number of H-pyrrole nitrogens is 1. The molecule has 0 saturated heterocycles. The van der Waals surface area contributed by atoms with Crippen LogP contribution in [0.2, 0.25) is 0 Å². The van der Waals surface area contributed by atoms with E-state index in [4.69, 9.17) is 21.7 Å². The molecular weight excluding hydrogens is 474 g/mol. The van der Waals surface area contributed by atoms with E-state index < -0.39 is 0 Å². The summed E-state index contributed by atoms with van der Waals surface area (Å²) in [6.45, 7) is 2.75. The van der Waals surface area contributed by atoms with E-state index in [0.717, 1.165) is 47.3 Å². The van der Waals surface area contributed by atoms with Gasteiger partial charge in [0, 0.05) is 48.3 Å². The van der Waals surface area contributed by atoms with Crippen molar-refractivity contribution in [3.63, 3.8) is 0 Å². The largest absolute Gasteiger partial charge is 0.494 e. The van der Waals surface area contributed by atoms with Crippen molar-refractivity contribution in [3.05, 3.63) is 58.3 Å². The maximum Gasteiger partial charge on any atom is 0.214 e. The Labute approximate surface area is 215 Å². The molecule has 3 aromatic rings. The molecule has 1 aromatic carbocycles. The maximum atomic E-state index is 11.8. The normalized spacial score (nSPS) is 12.8. The number of carbonyl (C=O) groups is 1. The van der Waals surface area contributed by atoms with Crippen molar-refractivity contribution in [2.75, 3.05) is 32.3 Å². The third kappa shape index (κ3) is 6.22. The quantitative estimate of drug-likeness (QED) is 0.199. The Bertz CT molecular complexity index is 1400. The van der Waals surface area contributed by atoms with E-state index in [1.807, 2.05) is 31.2 Å². The Morgan fingerprint density at radius 1 is 1.22 bits per heavy atom. The molecule has 9 heteroatoms. The average Bonchev–Trinajstić information content (AvgIpc) is 3.72. The van der Waals surface area contributed by atoms with Gasteiger partial charge in [-0.25, -0.2) is 9.98 Å². The Morgan fingerprint density at radius 2 is 2.06 bits per heavy atom. The molecule has 1 saturated carbocycles. The highest BCUT2D eigenvalue weighted by molar-refractivity contribution is 7.71. The van der Waals surface area contributed by atoms with Crippen LogP contribution in [0.3, 0.4) is 0 Å². The molecule has 4 rings (SSSR count). The molecule has 0 aliphatic heterocycles. The van der Waals surface area contributed by atoms with Gasteiger partial charge in [0.2, 0.25) is 6.41 Å². The fraction of sp³-hybridized carbons (Fsp3) is 0.296. The predicted molar refractivity (Wildman–Crippen MR) is 143 cm³/mol. The molecule has 1 aliphatic rings. The van der Waals surface area contributed by atoms with E-state index in [9.17, 15) is 4.79 Å². The molecular formula is C27H27N5O3S. The van der Waals surface area contributed by atoms with Crippen molar-refractivity contribution in [2.24, 2.45) is 10.9 Å². The van der Waals surface area contributed by atoms with E-state index in [0.29, 0.717) is 41.0 Å². The fourth-order valence-electron chi connectivity index (χ4n) is 3.51. The van der Waals surface area contributed by atoms with Crippen molar-refractivity contribution < 1.29 is 14.3 Å². The number of anilines is 1. The van der Waals surface area contributed by atoms with Crippen molar-refractivity contribution in [3.8, 4) is 28.7 Å². The Kier molecular flexibility index (Phi) is 8.21. The van der Waals surface area contributed by atoms with E-state index in [1.165, 1.54) is 0 Å². The van der Waals surface area contributed by atoms with Crippen LogP contribution in [0.5, 0.6) is 5.75 Å². The number of nitrogens with zero attached hydrogens (tertiary/aromatic N) is 4. The van der Waals surface area contributed by atoms with Crippen molar-refractivity contribution in [1.29, 1.82) is 0 Å². The number of hydrogen-bond donors (Lipinski definition) is 1. The summed E-state index contributed by atoms with van der Waals surface area (Å²) >= 11 is 5.46. The lowest BCUT2D eigenvalue weighted by atomic mass is 9.98. The topological polar surface area (TPSA) is 92.7 Å². The van der Waals surface area contributed by atoms with Gasteiger partial charge < -0.3 is 19.4 Å². The van der Waals surface area contributed by atoms with Gasteiger partial charge in [-0.05, 0) is 49.4 Å². The van der Waals surface area contributed by atoms with Gasteiger partial charge >= 0.3 is 0 Å². The number of aryl methyl sites for hydroxylation is 1. The maximum absolute atomic E-state index is 11.8. The predicted octanol–water partition coefficient (Wildman–Crippen LogP) is 4.64. The van der Waals surface area contributed by atoms with Gasteiger partial charge in [0.1, 0.15) is 16.1 Å². The van der Waals surface area contributed by atoms with Gasteiger partial charge in [-0.15, -0.1) is 0 Å². The standard InChI is InChI=1S/C27H27N5O3S/c1-18-12-24(25(35-3)16-28-18)23-13-22(32(17-33)10-11-34-2)9-7-20(23)14-29-26-27(36)31-21(15-30-26)8-6-19-4-5-19/h7,9,12-17,19H,4-5,10-11H2,1-3H3,(H,31,36). The zero-order valence-electron chi connectivity index (χ0n) is 20.4. The number of aliphatic imine (C=N–C) groups is 1. The Morgan fingerprint density at radius 3 is 2.75 bits per heavy atom. The van der Waals surface area contributed by atoms with Crippen LogP contribution in [-0.2, 0) is 9.53 Å². The van der Waals surface area contributed by atoms with Crippen molar-refractivity contribution in [2.45, 2.75) is 19.8 Å². The second kappa shape index (κ2) is 11.7. The van der Waals surface area contributed by atoms with Crippen LogP contribution >= 0.6 is 12.2 Å². The minimum atomic E-state index is 0.393. The zero-order valence-corrected chi connectivity index (χ0v) is 21.3. The molecule has 1 aliphatic carbocycles. The number of methoxy groups -OCH3 is 2. The van der Waals surface area contributed by atoms with Crippen LogP contribution < -0.4 is 9.64 Å². The van der Waals surface area contributed by atoms with Gasteiger partial charge in [0.15, 0.2) is 5.82 Å². The molecule has 1 N–H and O–H groups in total. The number of amides is 1. The number of nitrogens with one attached hydrogen (secondary N) is 1. The second-order valence-electron chi connectivity index (χ2n) is 8.34. The first-order valence-electron chi connectivity index (χ1n) is 11.5. The van der Waals surface area contributed by atoms with E-state index >= 15 is 0 Å². The van der Waals surface area contributed by atoms with E-state index in [2.05, 4.69) is 31.8 Å². The number of benzene rings is 1. The second-order valence-corrected chi connectivity index (χ2v) is 8.75. The minimum Gasteiger partial charge on any atom is -0.494 e. The monoisotopic (exact) mass is 501 g/mol. The molecule has 8 nitrogen and oxygen atoms in total. The summed E-state index contributed by atoms with van der Waals surface area (Å²) in [7, 11) is 3.20. The van der Waals surface area contributed by atoms with Gasteiger partial charge in [0.25, 0.3) is 0 Å². The smallest absolute Gasteiger partial charge is 0.214 e. The third-order valence-electron chi connectivity index (χ3n) is 5.63. The third-order valence-corrected chi connectivity index (χ3v) is 5.91. The molecule has 1 amide bonds. The molecule has 2 heterocycles. The lowest BCUT2D eigenvalue weighted by molar-refractivity contribution is -0.107. The average molecular weight is 502 g/mol. The molecule has 0 spiro atoms. The molecule has 36 heavy (non-hydrogen) atoms. The Hall–Kier alpha value is -3.87. The first kappa shape index (κ1) is 25.2. The number of pyridine rings is 1. The van der Waals surface area contributed by atoms with Crippen LogP contribution in [-0.4, -0.2) is 54.9 Å². The van der Waals surface area contributed by atoms with Gasteiger partial charge in [-0.3, -0.25) is 9.78 Å². The summed E-state index contributed by atoms with van der Waals surface area (Å²) < 4.78 is 11.1. The molecule has 0 atom stereocenters. The highest BCUT2D eigenvalue weighted by Gasteiger charge is 2.18. The van der Waals surface area contributed by atoms with Gasteiger partial charge in [-0.1, -0.05) is 24.2 Å². The highest BCUT2D eigenvalue weighted by atomic mass is 32.1. The first-order valence-corrected chi connectivity index (χ1v) is 11.9. The zero-order chi connectivity index (χ0) is 25.5. The summed E-state index contributed by atoms with van der Waals surface area (Å²) in [5, 5.41) is 0. The molecule has 1 fully saturated rings. The van der Waals surface area contributed by atoms with Crippen LogP contribution in [0.4, 0.5) is 11.5 Å². The van der Waals surface area contributed by atoms with E-state index in [1.54, 1.807) is 37.7 Å². The SMILES string of the molecule is COCCN(C=O)c1ccc(C=Nc2ncc(C#CC3CC3)[nH]c2=S)c(-c2cc(C)ncc2OC)c1. The highest BCUT2D eigenvalue weighted by Crippen LogP contribution is 2.34. The van der Waals surface area contributed by atoms with Crippen molar-refractivity contribution >= 4 is 36.3 Å². The number of carbonyl (C=O) groups excluding carboxylic acids is 1. The fourth-order valence-corrected chi connectivity index (χ4v) is 3.73. The van der Waals surface area contributed by atoms with Crippen LogP contribution in [0, 0.1) is 29.3 Å². The van der Waals surface area contributed by atoms with Crippen molar-refractivity contribution in [1.82, 2.24) is 15.0 Å². The van der Waals surface area contributed by atoms with Gasteiger partial charge in [0.05, 0.1) is 26.1 Å². The van der Waals surface area contributed by atoms with Crippen LogP contribution in [0.25, 0.3) is 11.1 Å². The van der Waals surface area contributed by atoms with Crippen LogP contribution in [0.15, 0.2) is 41.7 Å². The lowest BCUT2D eigenvalue weighted by Gasteiger charge is -2.19. The molecule has 0 bridgehead atoms. The number of hydrogen-bond acceptors (Lipinski definition) is 7. The summed E-state index contributed by atoms with van der Waals surface area (Å²) in [5.41, 5.74) is 4.68. The van der Waals surface area contributed by atoms with Crippen LogP contribution in [0.1, 0.15) is 29.8 Å². The minimum absolute atomic E-state index is 0.393. The first-order chi connectivity index (χ1) is 17.5. The van der Waals surface area contributed by atoms with E-state index in [-0.39, 0.29) is 0 Å². The number of rotatable bonds is 9. The molecule has 0 radical (unpaired) electrons. The summed E-state index contributed by atoms with van der Waals surface area (Å²) in [6.07, 6.45) is 8.13. The number of aromatic amines is 1. The summed E-state index contributed by atoms with van der Waals surface area (Å²) in [5.74, 6) is 7.77. The molecule has 0 unspecified atom stereocenters.